The van der Waals surface area contributed by atoms with E-state index in [2.05, 4.69) is 38.1 Å². The van der Waals surface area contributed by atoms with Crippen molar-refractivity contribution in [3.05, 3.63) is 35.4 Å². The minimum atomic E-state index is -0.280. The van der Waals surface area contributed by atoms with Crippen molar-refractivity contribution in [1.82, 2.24) is 0 Å². The first-order valence-electron chi connectivity index (χ1n) is 5.86. The first-order valence-corrected chi connectivity index (χ1v) is 5.86. The molecule has 2 heteroatoms. The maximum absolute atomic E-state index is 10.0. The van der Waals surface area contributed by atoms with E-state index < -0.39 is 0 Å². The Bertz CT molecular complexity index is 292. The summed E-state index contributed by atoms with van der Waals surface area (Å²) < 4.78 is 5.02. The van der Waals surface area contributed by atoms with Crippen molar-refractivity contribution >= 4 is 0 Å². The summed E-state index contributed by atoms with van der Waals surface area (Å²) >= 11 is 0. The molecule has 0 spiro atoms. The fourth-order valence-electron chi connectivity index (χ4n) is 1.66. The summed E-state index contributed by atoms with van der Waals surface area (Å²) in [6.07, 6.45) is 1.35. The van der Waals surface area contributed by atoms with E-state index in [1.54, 1.807) is 7.11 Å². The van der Waals surface area contributed by atoms with Crippen LogP contribution >= 0.6 is 0 Å². The van der Waals surface area contributed by atoms with Gasteiger partial charge in [-0.15, -0.1) is 0 Å². The van der Waals surface area contributed by atoms with Crippen LogP contribution in [0.1, 0.15) is 24.5 Å². The summed E-state index contributed by atoms with van der Waals surface area (Å²) in [7, 11) is 1.69. The van der Waals surface area contributed by atoms with Crippen molar-refractivity contribution in [3.8, 4) is 0 Å². The average molecular weight is 222 g/mol. The van der Waals surface area contributed by atoms with Gasteiger partial charge in [0.15, 0.2) is 0 Å². The van der Waals surface area contributed by atoms with Crippen molar-refractivity contribution in [2.75, 3.05) is 13.7 Å². The molecular weight excluding hydrogens is 200 g/mol. The fourth-order valence-corrected chi connectivity index (χ4v) is 1.66. The second-order valence-electron chi connectivity index (χ2n) is 4.52. The highest BCUT2D eigenvalue weighted by Crippen LogP contribution is 2.14. The SMILES string of the molecule is COCCC(C)C(O)Cc1ccc(C)cc1. The fraction of sp³-hybridized carbons (Fsp3) is 0.571. The van der Waals surface area contributed by atoms with E-state index in [4.69, 9.17) is 4.74 Å². The van der Waals surface area contributed by atoms with E-state index in [9.17, 15) is 5.11 Å². The van der Waals surface area contributed by atoms with Crippen LogP contribution in [0.3, 0.4) is 0 Å². The van der Waals surface area contributed by atoms with Gasteiger partial charge < -0.3 is 9.84 Å². The third kappa shape index (κ3) is 4.33. The number of ether oxygens (including phenoxy) is 1. The van der Waals surface area contributed by atoms with E-state index in [1.165, 1.54) is 11.1 Å². The third-order valence-corrected chi connectivity index (χ3v) is 3.00. The zero-order valence-corrected chi connectivity index (χ0v) is 10.4. The monoisotopic (exact) mass is 222 g/mol. The number of benzene rings is 1. The molecule has 0 amide bonds. The second kappa shape index (κ2) is 6.66. The Balaban J connectivity index is 2.43. The molecule has 0 radical (unpaired) electrons. The van der Waals surface area contributed by atoms with Gasteiger partial charge in [-0.25, -0.2) is 0 Å². The van der Waals surface area contributed by atoms with E-state index in [-0.39, 0.29) is 12.0 Å². The van der Waals surface area contributed by atoms with Crippen LogP contribution in [0.15, 0.2) is 24.3 Å². The lowest BCUT2D eigenvalue weighted by molar-refractivity contribution is 0.0887. The molecule has 1 N–H and O–H groups in total. The Morgan fingerprint density at radius 2 is 1.88 bits per heavy atom. The number of hydrogen-bond acceptors (Lipinski definition) is 2. The molecule has 0 aliphatic carbocycles. The number of rotatable bonds is 6. The zero-order chi connectivity index (χ0) is 12.0. The van der Waals surface area contributed by atoms with Crippen LogP contribution in [0.25, 0.3) is 0 Å². The summed E-state index contributed by atoms with van der Waals surface area (Å²) in [6, 6.07) is 8.34. The van der Waals surface area contributed by atoms with Gasteiger partial charge in [0, 0.05) is 13.7 Å². The molecule has 90 valence electrons. The molecule has 0 bridgehead atoms. The summed E-state index contributed by atoms with van der Waals surface area (Å²) in [5.74, 6) is 0.279. The van der Waals surface area contributed by atoms with Gasteiger partial charge in [-0.1, -0.05) is 36.8 Å². The predicted molar refractivity (Wildman–Crippen MR) is 66.5 cm³/mol. The van der Waals surface area contributed by atoms with Crippen molar-refractivity contribution < 1.29 is 9.84 Å². The lowest BCUT2D eigenvalue weighted by atomic mass is 9.95. The van der Waals surface area contributed by atoms with Crippen LogP contribution in [0.4, 0.5) is 0 Å². The van der Waals surface area contributed by atoms with Gasteiger partial charge in [0.05, 0.1) is 6.10 Å². The molecule has 2 atom stereocenters. The highest BCUT2D eigenvalue weighted by Gasteiger charge is 2.14. The van der Waals surface area contributed by atoms with E-state index in [0.29, 0.717) is 6.61 Å². The molecule has 1 aromatic carbocycles. The number of aliphatic hydroxyl groups is 1. The highest BCUT2D eigenvalue weighted by atomic mass is 16.5. The standard InChI is InChI=1S/C14H22O2/c1-11-4-6-13(7-5-11)10-14(15)12(2)8-9-16-3/h4-7,12,14-15H,8-10H2,1-3H3. The second-order valence-corrected chi connectivity index (χ2v) is 4.52. The summed E-state index contributed by atoms with van der Waals surface area (Å²) in [5, 5.41) is 10.0. The number of hydrogen-bond donors (Lipinski definition) is 1. The molecule has 0 fully saturated rings. The van der Waals surface area contributed by atoms with Gasteiger partial charge in [-0.2, -0.15) is 0 Å². The summed E-state index contributed by atoms with van der Waals surface area (Å²) in [5.41, 5.74) is 2.45. The first-order chi connectivity index (χ1) is 7.63. The molecule has 1 rings (SSSR count). The van der Waals surface area contributed by atoms with Gasteiger partial charge in [0.2, 0.25) is 0 Å². The molecule has 0 heterocycles. The Labute approximate surface area is 98.3 Å². The lowest BCUT2D eigenvalue weighted by Crippen LogP contribution is -2.21. The van der Waals surface area contributed by atoms with Crippen LogP contribution in [-0.4, -0.2) is 24.9 Å². The van der Waals surface area contributed by atoms with Crippen molar-refractivity contribution in [2.45, 2.75) is 32.8 Å². The third-order valence-electron chi connectivity index (χ3n) is 3.00. The largest absolute Gasteiger partial charge is 0.393 e. The minimum Gasteiger partial charge on any atom is -0.393 e. The van der Waals surface area contributed by atoms with E-state index >= 15 is 0 Å². The van der Waals surface area contributed by atoms with Crippen LogP contribution in [0, 0.1) is 12.8 Å². The number of aryl methyl sites for hydroxylation is 1. The highest BCUT2D eigenvalue weighted by molar-refractivity contribution is 5.21. The Kier molecular flexibility index (Phi) is 5.50. The minimum absolute atomic E-state index is 0.279. The molecule has 0 aliphatic heterocycles. The van der Waals surface area contributed by atoms with Crippen LogP contribution < -0.4 is 0 Å². The summed E-state index contributed by atoms with van der Waals surface area (Å²) in [4.78, 5) is 0. The smallest absolute Gasteiger partial charge is 0.0606 e. The van der Waals surface area contributed by atoms with Crippen molar-refractivity contribution in [1.29, 1.82) is 0 Å². The Morgan fingerprint density at radius 3 is 2.44 bits per heavy atom. The zero-order valence-electron chi connectivity index (χ0n) is 10.4. The molecule has 0 saturated heterocycles. The number of aliphatic hydroxyl groups excluding tert-OH is 1. The molecule has 1 aromatic rings. The molecule has 2 nitrogen and oxygen atoms in total. The number of methoxy groups -OCH3 is 1. The van der Waals surface area contributed by atoms with Crippen LogP contribution in [0.5, 0.6) is 0 Å². The van der Waals surface area contributed by atoms with Crippen molar-refractivity contribution in [2.24, 2.45) is 5.92 Å². The predicted octanol–water partition coefficient (Wildman–Crippen LogP) is 2.57. The van der Waals surface area contributed by atoms with Crippen LogP contribution in [-0.2, 0) is 11.2 Å². The summed E-state index contributed by atoms with van der Waals surface area (Å²) in [6.45, 7) is 4.85. The lowest BCUT2D eigenvalue weighted by Gasteiger charge is -2.18. The van der Waals surface area contributed by atoms with Gasteiger partial charge in [0.1, 0.15) is 0 Å². The molecule has 0 aliphatic rings. The van der Waals surface area contributed by atoms with Crippen LogP contribution in [0.2, 0.25) is 0 Å². The normalized spacial score (nSPS) is 14.8. The maximum Gasteiger partial charge on any atom is 0.0606 e. The molecule has 2 unspecified atom stereocenters. The van der Waals surface area contributed by atoms with E-state index in [1.807, 2.05) is 0 Å². The van der Waals surface area contributed by atoms with Gasteiger partial charge in [0.25, 0.3) is 0 Å². The van der Waals surface area contributed by atoms with Crippen molar-refractivity contribution in [3.63, 3.8) is 0 Å². The van der Waals surface area contributed by atoms with Gasteiger partial charge in [-0.3, -0.25) is 0 Å². The van der Waals surface area contributed by atoms with Gasteiger partial charge in [-0.05, 0) is 31.2 Å². The first kappa shape index (κ1) is 13.2. The molecule has 0 aromatic heterocycles. The average Bonchev–Trinajstić information content (AvgIpc) is 2.29. The molecular formula is C14H22O2. The topological polar surface area (TPSA) is 29.5 Å². The van der Waals surface area contributed by atoms with Gasteiger partial charge >= 0.3 is 0 Å². The quantitative estimate of drug-likeness (QED) is 0.801. The maximum atomic E-state index is 10.0. The Morgan fingerprint density at radius 1 is 1.25 bits per heavy atom. The molecule has 0 saturated carbocycles. The molecule has 16 heavy (non-hydrogen) atoms. The Hall–Kier alpha value is -0.860. The van der Waals surface area contributed by atoms with E-state index in [0.717, 1.165) is 12.8 Å².